The summed E-state index contributed by atoms with van der Waals surface area (Å²) >= 11 is 0. The van der Waals surface area contributed by atoms with Crippen LogP contribution in [0, 0.1) is 10.1 Å². The van der Waals surface area contributed by atoms with Gasteiger partial charge in [-0.25, -0.2) is 4.68 Å². The van der Waals surface area contributed by atoms with Gasteiger partial charge in [0.2, 0.25) is 0 Å². The van der Waals surface area contributed by atoms with Crippen LogP contribution < -0.4 is 10.1 Å². The number of ether oxygens (including phenoxy) is 1. The first kappa shape index (κ1) is 24.4. The topological polar surface area (TPSA) is 112 Å². The molecule has 9 nitrogen and oxygen atoms in total. The predicted octanol–water partition coefficient (Wildman–Crippen LogP) is 5.51. The number of benzene rings is 3. The Labute approximate surface area is 202 Å². The van der Waals surface area contributed by atoms with Crippen LogP contribution >= 0.6 is 0 Å². The summed E-state index contributed by atoms with van der Waals surface area (Å²) in [7, 11) is 0. The molecular formula is C24H18F3N5O4. The Bertz CT molecular complexity index is 1380. The number of nitro groups is 1. The number of halogens is 3. The molecule has 0 atom stereocenters. The number of carbonyl (C=O) groups excluding carboxylic acids is 1. The van der Waals surface area contributed by atoms with Gasteiger partial charge in [-0.1, -0.05) is 12.1 Å². The molecule has 0 spiro atoms. The van der Waals surface area contributed by atoms with Gasteiger partial charge in [-0.05, 0) is 55.5 Å². The molecule has 12 heteroatoms. The number of non-ortho nitro benzene ring substituents is 1. The van der Waals surface area contributed by atoms with Gasteiger partial charge in [0.1, 0.15) is 0 Å². The van der Waals surface area contributed by atoms with E-state index >= 15 is 0 Å². The van der Waals surface area contributed by atoms with Crippen molar-refractivity contribution in [1.29, 1.82) is 0 Å². The monoisotopic (exact) mass is 497 g/mol. The van der Waals surface area contributed by atoms with Crippen LogP contribution in [-0.4, -0.2) is 32.2 Å². The number of aromatic nitrogens is 3. The molecule has 4 aromatic rings. The molecule has 36 heavy (non-hydrogen) atoms. The number of nitrogens with one attached hydrogen (secondary N) is 1. The van der Waals surface area contributed by atoms with Gasteiger partial charge in [0, 0.05) is 28.9 Å². The lowest BCUT2D eigenvalue weighted by Crippen LogP contribution is -2.12. The van der Waals surface area contributed by atoms with Gasteiger partial charge in [0.15, 0.2) is 5.82 Å². The molecule has 1 amide bonds. The Morgan fingerprint density at radius 1 is 1.03 bits per heavy atom. The third-order valence-corrected chi connectivity index (χ3v) is 5.04. The molecule has 1 N–H and O–H groups in total. The molecule has 0 unspecified atom stereocenters. The van der Waals surface area contributed by atoms with E-state index in [1.54, 1.807) is 31.2 Å². The summed E-state index contributed by atoms with van der Waals surface area (Å²) in [5.74, 6) is -0.183. The van der Waals surface area contributed by atoms with Gasteiger partial charge < -0.3 is 10.1 Å². The van der Waals surface area contributed by atoms with Gasteiger partial charge in [-0.3, -0.25) is 14.9 Å². The Hall–Kier alpha value is -4.74. The first-order chi connectivity index (χ1) is 17.2. The second-order valence-electron chi connectivity index (χ2n) is 7.44. The minimum atomic E-state index is -4.46. The Morgan fingerprint density at radius 3 is 2.22 bits per heavy atom. The summed E-state index contributed by atoms with van der Waals surface area (Å²) in [5, 5.41) is 17.8. The summed E-state index contributed by atoms with van der Waals surface area (Å²) in [6, 6.07) is 16.3. The van der Waals surface area contributed by atoms with Gasteiger partial charge in [-0.2, -0.15) is 18.2 Å². The van der Waals surface area contributed by atoms with Crippen molar-refractivity contribution in [3.8, 4) is 23.1 Å². The smallest absolute Gasteiger partial charge is 0.416 e. The van der Waals surface area contributed by atoms with Gasteiger partial charge in [0.05, 0.1) is 22.8 Å². The molecule has 0 saturated heterocycles. The fourth-order valence-electron chi connectivity index (χ4n) is 3.28. The molecule has 184 valence electrons. The maximum absolute atomic E-state index is 12.9. The second-order valence-corrected chi connectivity index (χ2v) is 7.44. The average molecular weight is 497 g/mol. The van der Waals surface area contributed by atoms with Crippen LogP contribution in [0.5, 0.6) is 6.01 Å². The van der Waals surface area contributed by atoms with Crippen LogP contribution in [0.2, 0.25) is 0 Å². The normalized spacial score (nSPS) is 11.2. The molecule has 0 saturated carbocycles. The highest BCUT2D eigenvalue weighted by Crippen LogP contribution is 2.31. The van der Waals surface area contributed by atoms with Crippen molar-refractivity contribution in [2.75, 3.05) is 11.9 Å². The van der Waals surface area contributed by atoms with Crippen molar-refractivity contribution < 1.29 is 27.6 Å². The van der Waals surface area contributed by atoms with E-state index < -0.39 is 22.6 Å². The van der Waals surface area contributed by atoms with Gasteiger partial charge in [0.25, 0.3) is 11.6 Å². The van der Waals surface area contributed by atoms with E-state index in [1.165, 1.54) is 41.1 Å². The molecule has 0 aliphatic heterocycles. The van der Waals surface area contributed by atoms with Crippen LogP contribution in [0.25, 0.3) is 17.1 Å². The van der Waals surface area contributed by atoms with E-state index in [1.807, 2.05) is 0 Å². The van der Waals surface area contributed by atoms with Crippen molar-refractivity contribution in [3.05, 3.63) is 94.0 Å². The Kier molecular flexibility index (Phi) is 6.68. The zero-order chi connectivity index (χ0) is 25.9. The second kappa shape index (κ2) is 9.86. The lowest BCUT2D eigenvalue weighted by Gasteiger charge is -2.10. The van der Waals surface area contributed by atoms with Gasteiger partial charge in [-0.15, -0.1) is 5.10 Å². The molecule has 1 heterocycles. The predicted molar refractivity (Wildman–Crippen MR) is 124 cm³/mol. The van der Waals surface area contributed by atoms with E-state index in [0.29, 0.717) is 23.5 Å². The highest BCUT2D eigenvalue weighted by atomic mass is 19.4. The Morgan fingerprint density at radius 2 is 1.67 bits per heavy atom. The molecule has 1 aromatic heterocycles. The number of hydrogen-bond acceptors (Lipinski definition) is 6. The van der Waals surface area contributed by atoms with Crippen LogP contribution in [-0.2, 0) is 6.18 Å². The summed E-state index contributed by atoms with van der Waals surface area (Å²) < 4.78 is 45.6. The van der Waals surface area contributed by atoms with Crippen LogP contribution in [0.15, 0.2) is 72.8 Å². The maximum Gasteiger partial charge on any atom is 0.416 e. The highest BCUT2D eigenvalue weighted by molar-refractivity contribution is 6.04. The SMILES string of the molecule is CCOc1nc(-c2ccc(C(F)(F)F)cc2)n(-c2ccc(NC(=O)c3ccc([N+](=O)[O-])cc3)cc2)n1. The summed E-state index contributed by atoms with van der Waals surface area (Å²) in [5.41, 5.74) is 0.707. The maximum atomic E-state index is 12.9. The Balaban J connectivity index is 1.58. The number of nitrogens with zero attached hydrogens (tertiary/aromatic N) is 4. The molecule has 0 radical (unpaired) electrons. The molecule has 3 aromatic carbocycles. The van der Waals surface area contributed by atoms with Crippen LogP contribution in [0.3, 0.4) is 0 Å². The molecule has 0 aliphatic rings. The summed E-state index contributed by atoms with van der Waals surface area (Å²) in [6.07, 6.45) is -4.46. The molecular weight excluding hydrogens is 479 g/mol. The molecule has 0 aliphatic carbocycles. The molecule has 4 rings (SSSR count). The van der Waals surface area contributed by atoms with Crippen LogP contribution in [0.4, 0.5) is 24.5 Å². The van der Waals surface area contributed by atoms with Crippen LogP contribution in [0.1, 0.15) is 22.8 Å². The van der Waals surface area contributed by atoms with Crippen molar-refractivity contribution >= 4 is 17.3 Å². The lowest BCUT2D eigenvalue weighted by atomic mass is 10.1. The molecule has 0 fully saturated rings. The molecule has 0 bridgehead atoms. The van der Waals surface area contributed by atoms with E-state index in [2.05, 4.69) is 15.4 Å². The lowest BCUT2D eigenvalue weighted by molar-refractivity contribution is -0.384. The fourth-order valence-corrected chi connectivity index (χ4v) is 3.28. The third kappa shape index (κ3) is 5.32. The van der Waals surface area contributed by atoms with E-state index in [-0.39, 0.29) is 23.1 Å². The first-order valence-electron chi connectivity index (χ1n) is 10.6. The zero-order valence-electron chi connectivity index (χ0n) is 18.7. The van der Waals surface area contributed by atoms with Crippen molar-refractivity contribution in [2.45, 2.75) is 13.1 Å². The summed E-state index contributed by atoms with van der Waals surface area (Å²) in [4.78, 5) is 27.0. The number of hydrogen-bond donors (Lipinski definition) is 1. The van der Waals surface area contributed by atoms with Crippen molar-refractivity contribution in [1.82, 2.24) is 14.8 Å². The third-order valence-electron chi connectivity index (χ3n) is 5.04. The quantitative estimate of drug-likeness (QED) is 0.266. The number of alkyl halides is 3. The van der Waals surface area contributed by atoms with Crippen molar-refractivity contribution in [3.63, 3.8) is 0 Å². The minimum Gasteiger partial charge on any atom is -0.463 e. The number of anilines is 1. The largest absolute Gasteiger partial charge is 0.463 e. The first-order valence-corrected chi connectivity index (χ1v) is 10.6. The van der Waals surface area contributed by atoms with E-state index in [4.69, 9.17) is 4.74 Å². The standard InChI is InChI=1S/C24H18F3N5O4/c1-2-36-23-29-21(15-3-7-17(8-4-15)24(25,26)27)31(30-23)19-13-9-18(10-14-19)28-22(33)16-5-11-20(12-6-16)32(34)35/h3-14H,2H2,1H3,(H,28,33). The average Bonchev–Trinajstić information content (AvgIpc) is 3.28. The highest BCUT2D eigenvalue weighted by Gasteiger charge is 2.30. The minimum absolute atomic E-state index is 0.0583. The van der Waals surface area contributed by atoms with E-state index in [9.17, 15) is 28.1 Å². The number of nitro benzene ring substituents is 1. The fraction of sp³-hybridized carbons (Fsp3) is 0.125. The van der Waals surface area contributed by atoms with Crippen molar-refractivity contribution in [2.24, 2.45) is 0 Å². The number of amides is 1. The zero-order valence-corrected chi connectivity index (χ0v) is 18.7. The number of rotatable bonds is 7. The van der Waals surface area contributed by atoms with E-state index in [0.717, 1.165) is 12.1 Å². The number of carbonyl (C=O) groups is 1. The summed E-state index contributed by atoms with van der Waals surface area (Å²) in [6.45, 7) is 2.05. The van der Waals surface area contributed by atoms with Gasteiger partial charge >= 0.3 is 12.2 Å².